The summed E-state index contributed by atoms with van der Waals surface area (Å²) in [6.07, 6.45) is 4.70. The van der Waals surface area contributed by atoms with Gasteiger partial charge in [-0.3, -0.25) is 19.5 Å². The summed E-state index contributed by atoms with van der Waals surface area (Å²) in [5.74, 6) is 0.417. The number of carbonyl (C=O) groups excluding carboxylic acids is 1. The summed E-state index contributed by atoms with van der Waals surface area (Å²) in [5.41, 5.74) is -0.587. The van der Waals surface area contributed by atoms with Gasteiger partial charge in [0.15, 0.2) is 0 Å². The molecule has 24 heavy (non-hydrogen) atoms. The molecule has 0 bridgehead atoms. The number of aromatic nitrogens is 2. The molecule has 1 aromatic carbocycles. The van der Waals surface area contributed by atoms with Gasteiger partial charge in [-0.05, 0) is 30.9 Å². The Balaban J connectivity index is 1.69. The number of rotatable bonds is 4. The van der Waals surface area contributed by atoms with Gasteiger partial charge in [0.05, 0.1) is 17.3 Å². The number of aromatic amines is 1. The Morgan fingerprint density at radius 1 is 1.21 bits per heavy atom. The molecule has 1 aromatic heterocycles. The number of hydrogen-bond acceptors (Lipinski definition) is 3. The first-order chi connectivity index (χ1) is 11.6. The quantitative estimate of drug-likeness (QED) is 0.897. The molecule has 0 saturated heterocycles. The van der Waals surface area contributed by atoms with E-state index in [0.717, 1.165) is 19.3 Å². The standard InChI is InChI=1S/C18H23N3O3/c1-12-6-2-5-9-15(12)19-16(22)10-11-21-18(24)14-8-4-3-7-13(14)17(23)20-21/h3-4,7-8,12,15H,2,5-6,9-11H2,1H3,(H,19,22)(H,20,23)/t12-,15-/m0/s1. The van der Waals surface area contributed by atoms with Gasteiger partial charge in [0, 0.05) is 12.5 Å². The molecule has 6 heteroatoms. The summed E-state index contributed by atoms with van der Waals surface area (Å²) in [6, 6.07) is 6.92. The predicted molar refractivity (Wildman–Crippen MR) is 93.0 cm³/mol. The molecule has 1 aliphatic carbocycles. The average molecular weight is 329 g/mol. The third-order valence-corrected chi connectivity index (χ3v) is 4.90. The topological polar surface area (TPSA) is 84.0 Å². The first kappa shape index (κ1) is 16.5. The maximum Gasteiger partial charge on any atom is 0.273 e. The number of amides is 1. The van der Waals surface area contributed by atoms with Gasteiger partial charge in [-0.1, -0.05) is 31.9 Å². The van der Waals surface area contributed by atoms with Crippen LogP contribution in [0.3, 0.4) is 0 Å². The van der Waals surface area contributed by atoms with E-state index in [1.165, 1.54) is 11.1 Å². The van der Waals surface area contributed by atoms with E-state index in [4.69, 9.17) is 0 Å². The Labute approximate surface area is 139 Å². The van der Waals surface area contributed by atoms with E-state index in [9.17, 15) is 14.4 Å². The number of hydrogen-bond donors (Lipinski definition) is 2. The summed E-state index contributed by atoms with van der Waals surface area (Å²) in [4.78, 5) is 36.6. The number of carbonyl (C=O) groups is 1. The van der Waals surface area contributed by atoms with Crippen LogP contribution in [0.25, 0.3) is 10.8 Å². The van der Waals surface area contributed by atoms with Crippen LogP contribution in [0.5, 0.6) is 0 Å². The molecule has 2 N–H and O–H groups in total. The number of nitrogens with zero attached hydrogens (tertiary/aromatic N) is 1. The number of nitrogens with one attached hydrogen (secondary N) is 2. The van der Waals surface area contributed by atoms with Crippen molar-refractivity contribution in [1.29, 1.82) is 0 Å². The van der Waals surface area contributed by atoms with Crippen LogP contribution in [0.1, 0.15) is 39.0 Å². The second-order valence-electron chi connectivity index (χ2n) is 6.63. The minimum atomic E-state index is -0.313. The Hall–Kier alpha value is -2.37. The van der Waals surface area contributed by atoms with Crippen LogP contribution in [0.2, 0.25) is 0 Å². The van der Waals surface area contributed by atoms with Crippen molar-refractivity contribution in [2.24, 2.45) is 5.92 Å². The Morgan fingerprint density at radius 3 is 2.67 bits per heavy atom. The zero-order valence-corrected chi connectivity index (χ0v) is 13.9. The summed E-state index contributed by atoms with van der Waals surface area (Å²) in [7, 11) is 0. The molecule has 128 valence electrons. The second-order valence-corrected chi connectivity index (χ2v) is 6.63. The van der Waals surface area contributed by atoms with E-state index in [-0.39, 0.29) is 36.0 Å². The van der Waals surface area contributed by atoms with E-state index < -0.39 is 0 Å². The zero-order chi connectivity index (χ0) is 17.1. The monoisotopic (exact) mass is 329 g/mol. The Morgan fingerprint density at radius 2 is 1.92 bits per heavy atom. The highest BCUT2D eigenvalue weighted by Crippen LogP contribution is 2.23. The van der Waals surface area contributed by atoms with E-state index >= 15 is 0 Å². The third kappa shape index (κ3) is 3.42. The number of benzene rings is 1. The molecule has 2 atom stereocenters. The van der Waals surface area contributed by atoms with Crippen LogP contribution in [0, 0.1) is 5.92 Å². The van der Waals surface area contributed by atoms with Crippen molar-refractivity contribution in [3.05, 3.63) is 45.0 Å². The average Bonchev–Trinajstić information content (AvgIpc) is 2.59. The maximum atomic E-state index is 12.4. The van der Waals surface area contributed by atoms with Gasteiger partial charge in [0.1, 0.15) is 0 Å². The number of fused-ring (bicyclic) bond motifs is 1. The SMILES string of the molecule is C[C@H]1CCCC[C@@H]1NC(=O)CCn1[nH]c(=O)c2ccccc2c1=O. The van der Waals surface area contributed by atoms with Crippen LogP contribution >= 0.6 is 0 Å². The fraction of sp³-hybridized carbons (Fsp3) is 0.500. The fourth-order valence-electron chi connectivity index (χ4n) is 3.43. The fourth-order valence-corrected chi connectivity index (χ4v) is 3.43. The Bertz CT molecular complexity index is 852. The van der Waals surface area contributed by atoms with E-state index in [0.29, 0.717) is 16.7 Å². The lowest BCUT2D eigenvalue weighted by molar-refractivity contribution is -0.122. The van der Waals surface area contributed by atoms with Gasteiger partial charge in [-0.2, -0.15) is 0 Å². The molecule has 0 aliphatic heterocycles. The molecule has 1 aliphatic rings. The molecule has 6 nitrogen and oxygen atoms in total. The van der Waals surface area contributed by atoms with Crippen LogP contribution in [-0.2, 0) is 11.3 Å². The van der Waals surface area contributed by atoms with Crippen molar-refractivity contribution < 1.29 is 4.79 Å². The highest BCUT2D eigenvalue weighted by Gasteiger charge is 2.22. The molecule has 2 aromatic rings. The first-order valence-electron chi connectivity index (χ1n) is 8.57. The Kier molecular flexibility index (Phi) is 4.83. The lowest BCUT2D eigenvalue weighted by atomic mass is 9.86. The largest absolute Gasteiger partial charge is 0.353 e. The summed E-state index contributed by atoms with van der Waals surface area (Å²) in [5, 5.41) is 6.37. The van der Waals surface area contributed by atoms with Gasteiger partial charge in [-0.25, -0.2) is 4.68 Å². The molecule has 1 heterocycles. The lowest BCUT2D eigenvalue weighted by Gasteiger charge is -2.29. The predicted octanol–water partition coefficient (Wildman–Crippen LogP) is 1.77. The molecule has 0 spiro atoms. The van der Waals surface area contributed by atoms with Crippen molar-refractivity contribution in [1.82, 2.24) is 15.1 Å². The van der Waals surface area contributed by atoms with Crippen LogP contribution in [0.15, 0.2) is 33.9 Å². The van der Waals surface area contributed by atoms with Crippen LogP contribution in [0.4, 0.5) is 0 Å². The van der Waals surface area contributed by atoms with Crippen molar-refractivity contribution in [2.75, 3.05) is 0 Å². The first-order valence-corrected chi connectivity index (χ1v) is 8.57. The van der Waals surface area contributed by atoms with Crippen molar-refractivity contribution in [3.63, 3.8) is 0 Å². The van der Waals surface area contributed by atoms with Crippen molar-refractivity contribution >= 4 is 16.7 Å². The summed E-state index contributed by atoms with van der Waals surface area (Å²) >= 11 is 0. The molecule has 0 radical (unpaired) electrons. The molecule has 0 unspecified atom stereocenters. The van der Waals surface area contributed by atoms with Gasteiger partial charge in [-0.15, -0.1) is 0 Å². The molecule has 1 fully saturated rings. The molecular weight excluding hydrogens is 306 g/mol. The molecule has 3 rings (SSSR count). The van der Waals surface area contributed by atoms with E-state index in [1.54, 1.807) is 24.3 Å². The smallest absolute Gasteiger partial charge is 0.273 e. The number of H-pyrrole nitrogens is 1. The maximum absolute atomic E-state index is 12.4. The lowest BCUT2D eigenvalue weighted by Crippen LogP contribution is -2.41. The second kappa shape index (κ2) is 7.03. The van der Waals surface area contributed by atoms with Crippen LogP contribution < -0.4 is 16.4 Å². The van der Waals surface area contributed by atoms with Gasteiger partial charge in [0.2, 0.25) is 5.91 Å². The van der Waals surface area contributed by atoms with E-state index in [1.807, 2.05) is 0 Å². The minimum absolute atomic E-state index is 0.0744. The third-order valence-electron chi connectivity index (χ3n) is 4.90. The van der Waals surface area contributed by atoms with Crippen molar-refractivity contribution in [2.45, 2.75) is 51.6 Å². The number of aryl methyl sites for hydroxylation is 1. The highest BCUT2D eigenvalue weighted by atomic mass is 16.2. The van der Waals surface area contributed by atoms with Gasteiger partial charge < -0.3 is 5.32 Å². The molecular formula is C18H23N3O3. The molecule has 1 saturated carbocycles. The van der Waals surface area contributed by atoms with Gasteiger partial charge in [0.25, 0.3) is 11.1 Å². The summed E-state index contributed by atoms with van der Waals surface area (Å²) < 4.78 is 1.23. The normalized spacial score (nSPS) is 20.9. The van der Waals surface area contributed by atoms with Crippen LogP contribution in [-0.4, -0.2) is 21.7 Å². The van der Waals surface area contributed by atoms with Gasteiger partial charge >= 0.3 is 0 Å². The van der Waals surface area contributed by atoms with E-state index in [2.05, 4.69) is 17.3 Å². The molecule has 1 amide bonds. The minimum Gasteiger partial charge on any atom is -0.353 e. The van der Waals surface area contributed by atoms with Crippen molar-refractivity contribution in [3.8, 4) is 0 Å². The summed E-state index contributed by atoms with van der Waals surface area (Å²) in [6.45, 7) is 2.33. The zero-order valence-electron chi connectivity index (χ0n) is 13.9. The highest BCUT2D eigenvalue weighted by molar-refractivity contribution is 5.80.